The number of aromatic carboxylic acids is 1. The number of hydrogen-bond acceptors (Lipinski definition) is 6. The Balaban J connectivity index is 1.71. The zero-order valence-electron chi connectivity index (χ0n) is 15.9. The highest BCUT2D eigenvalue weighted by Gasteiger charge is 2.14. The van der Waals surface area contributed by atoms with Crippen molar-refractivity contribution in [2.24, 2.45) is 0 Å². The van der Waals surface area contributed by atoms with Crippen LogP contribution in [0.5, 0.6) is 11.5 Å². The van der Waals surface area contributed by atoms with Crippen LogP contribution in [0.1, 0.15) is 22.3 Å². The Morgan fingerprint density at radius 3 is 2.70 bits per heavy atom. The van der Waals surface area contributed by atoms with Crippen molar-refractivity contribution in [1.82, 2.24) is 9.78 Å². The van der Waals surface area contributed by atoms with Gasteiger partial charge in [-0.05, 0) is 18.6 Å². The van der Waals surface area contributed by atoms with Gasteiger partial charge in [0.1, 0.15) is 11.5 Å². The van der Waals surface area contributed by atoms with Crippen molar-refractivity contribution in [2.75, 3.05) is 5.32 Å². The maximum atomic E-state index is 12.3. The summed E-state index contributed by atoms with van der Waals surface area (Å²) in [6.45, 7) is 2.00. The van der Waals surface area contributed by atoms with Gasteiger partial charge in [0.2, 0.25) is 5.91 Å². The molecule has 1 aromatic heterocycles. The molecule has 0 unspecified atom stereocenters. The number of para-hydroxylation sites is 1. The summed E-state index contributed by atoms with van der Waals surface area (Å²) in [5, 5.41) is 26.6. The zero-order chi connectivity index (χ0) is 21.7. The molecule has 2 aromatic carbocycles. The number of carbonyl (C=O) groups is 2. The molecule has 154 valence electrons. The van der Waals surface area contributed by atoms with E-state index in [-0.39, 0.29) is 35.7 Å². The minimum atomic E-state index is -1.11. The first kappa shape index (κ1) is 20.5. The fraction of sp³-hybridized carbons (Fsp3) is 0.150. The van der Waals surface area contributed by atoms with Crippen LogP contribution in [0.25, 0.3) is 0 Å². The molecule has 0 aliphatic heterocycles. The summed E-state index contributed by atoms with van der Waals surface area (Å²) in [6.07, 6.45) is 2.50. The van der Waals surface area contributed by atoms with Gasteiger partial charge in [0.05, 0.1) is 28.4 Å². The Morgan fingerprint density at radius 1 is 1.27 bits per heavy atom. The topological polar surface area (TPSA) is 137 Å². The average molecular weight is 410 g/mol. The second-order valence-corrected chi connectivity index (χ2v) is 6.44. The van der Waals surface area contributed by atoms with Gasteiger partial charge in [-0.1, -0.05) is 18.2 Å². The van der Waals surface area contributed by atoms with E-state index < -0.39 is 16.8 Å². The van der Waals surface area contributed by atoms with Crippen molar-refractivity contribution in [1.29, 1.82) is 0 Å². The lowest BCUT2D eigenvalue weighted by Crippen LogP contribution is -2.15. The molecule has 0 aliphatic carbocycles. The number of ether oxygens (including phenoxy) is 1. The van der Waals surface area contributed by atoms with E-state index >= 15 is 0 Å². The van der Waals surface area contributed by atoms with E-state index in [0.29, 0.717) is 5.75 Å². The first-order chi connectivity index (χ1) is 14.3. The van der Waals surface area contributed by atoms with E-state index in [9.17, 15) is 19.7 Å². The number of nitrogens with one attached hydrogen (secondary N) is 1. The SMILES string of the molecule is Cc1ccccc1Oc1cc(NC(=O)CCn2cc(C(=O)O)cn2)cc([N+](=O)[O-])c1. The maximum Gasteiger partial charge on any atom is 0.338 e. The van der Waals surface area contributed by atoms with Gasteiger partial charge in [0, 0.05) is 31.3 Å². The molecule has 0 radical (unpaired) electrons. The summed E-state index contributed by atoms with van der Waals surface area (Å²) in [4.78, 5) is 33.8. The number of non-ortho nitro benzene ring substituents is 1. The van der Waals surface area contributed by atoms with Crippen LogP contribution in [0.15, 0.2) is 54.9 Å². The summed E-state index contributed by atoms with van der Waals surface area (Å²) in [7, 11) is 0. The number of benzene rings is 2. The summed E-state index contributed by atoms with van der Waals surface area (Å²) in [5.74, 6) is -0.761. The van der Waals surface area contributed by atoms with Gasteiger partial charge in [-0.3, -0.25) is 19.6 Å². The maximum absolute atomic E-state index is 12.3. The van der Waals surface area contributed by atoms with Crippen LogP contribution in [0, 0.1) is 17.0 Å². The fourth-order valence-electron chi connectivity index (χ4n) is 2.65. The molecule has 0 atom stereocenters. The molecule has 0 saturated heterocycles. The Bertz CT molecular complexity index is 1110. The molecule has 0 saturated carbocycles. The minimum absolute atomic E-state index is 0.00256. The summed E-state index contributed by atoms with van der Waals surface area (Å²) >= 11 is 0. The third-order valence-corrected chi connectivity index (χ3v) is 4.16. The van der Waals surface area contributed by atoms with Crippen molar-refractivity contribution in [2.45, 2.75) is 19.9 Å². The smallest absolute Gasteiger partial charge is 0.338 e. The van der Waals surface area contributed by atoms with Crippen LogP contribution in [0.2, 0.25) is 0 Å². The van der Waals surface area contributed by atoms with Crippen LogP contribution >= 0.6 is 0 Å². The first-order valence-corrected chi connectivity index (χ1v) is 8.90. The molecule has 2 N–H and O–H groups in total. The van der Waals surface area contributed by atoms with Gasteiger partial charge in [0.15, 0.2) is 0 Å². The summed E-state index contributed by atoms with van der Waals surface area (Å²) in [6, 6.07) is 11.2. The van der Waals surface area contributed by atoms with Gasteiger partial charge >= 0.3 is 5.97 Å². The lowest BCUT2D eigenvalue weighted by Gasteiger charge is -2.11. The van der Waals surface area contributed by atoms with E-state index in [0.717, 1.165) is 5.56 Å². The van der Waals surface area contributed by atoms with Crippen molar-refractivity contribution in [3.05, 3.63) is 76.1 Å². The van der Waals surface area contributed by atoms with Crippen molar-refractivity contribution >= 4 is 23.3 Å². The molecule has 3 rings (SSSR count). The predicted molar refractivity (Wildman–Crippen MR) is 107 cm³/mol. The van der Waals surface area contributed by atoms with E-state index in [1.165, 1.54) is 35.3 Å². The van der Waals surface area contributed by atoms with Crippen LogP contribution in [-0.4, -0.2) is 31.7 Å². The van der Waals surface area contributed by atoms with Gasteiger partial charge in [-0.2, -0.15) is 5.10 Å². The third-order valence-electron chi connectivity index (χ3n) is 4.16. The molecular weight excluding hydrogens is 392 g/mol. The summed E-state index contributed by atoms with van der Waals surface area (Å²) in [5.41, 5.74) is 0.862. The highest BCUT2D eigenvalue weighted by Crippen LogP contribution is 2.31. The standard InChI is InChI=1S/C20H18N4O6/c1-13-4-2-3-5-18(13)30-17-9-15(8-16(10-17)24(28)29)22-19(25)6-7-23-12-14(11-21-23)20(26)27/h2-5,8-12H,6-7H2,1H3,(H,22,25)(H,26,27). The van der Waals surface area contributed by atoms with Crippen LogP contribution in [-0.2, 0) is 11.3 Å². The number of aromatic nitrogens is 2. The molecule has 30 heavy (non-hydrogen) atoms. The molecule has 0 aliphatic rings. The molecule has 0 fully saturated rings. The Labute approximate surface area is 170 Å². The number of carboxylic acid groups (broad SMARTS) is 1. The van der Waals surface area contributed by atoms with Gasteiger partial charge in [-0.15, -0.1) is 0 Å². The highest BCUT2D eigenvalue weighted by molar-refractivity contribution is 5.91. The zero-order valence-corrected chi connectivity index (χ0v) is 15.9. The van der Waals surface area contributed by atoms with Gasteiger partial charge in [0.25, 0.3) is 5.69 Å². The molecule has 3 aromatic rings. The average Bonchev–Trinajstić information content (AvgIpc) is 3.17. The van der Waals surface area contributed by atoms with E-state index in [1.807, 2.05) is 19.1 Å². The number of aryl methyl sites for hydroxylation is 2. The lowest BCUT2D eigenvalue weighted by atomic mass is 10.2. The quantitative estimate of drug-likeness (QED) is 0.427. The number of nitro groups is 1. The second-order valence-electron chi connectivity index (χ2n) is 6.44. The Morgan fingerprint density at radius 2 is 2.03 bits per heavy atom. The monoisotopic (exact) mass is 410 g/mol. The number of amides is 1. The normalized spacial score (nSPS) is 10.4. The van der Waals surface area contributed by atoms with Crippen molar-refractivity contribution in [3.8, 4) is 11.5 Å². The van der Waals surface area contributed by atoms with Crippen LogP contribution in [0.3, 0.4) is 0 Å². The first-order valence-electron chi connectivity index (χ1n) is 8.90. The molecule has 10 heteroatoms. The van der Waals surface area contributed by atoms with E-state index in [1.54, 1.807) is 12.1 Å². The minimum Gasteiger partial charge on any atom is -0.478 e. The number of carboxylic acids is 1. The number of nitro benzene ring substituents is 1. The lowest BCUT2D eigenvalue weighted by molar-refractivity contribution is -0.384. The Kier molecular flexibility index (Phi) is 6.06. The van der Waals surface area contributed by atoms with E-state index in [4.69, 9.17) is 9.84 Å². The number of nitrogens with zero attached hydrogens (tertiary/aromatic N) is 3. The molecule has 1 heterocycles. The second kappa shape index (κ2) is 8.86. The number of anilines is 1. The number of carbonyl (C=O) groups excluding carboxylic acids is 1. The van der Waals surface area contributed by atoms with Crippen LogP contribution in [0.4, 0.5) is 11.4 Å². The van der Waals surface area contributed by atoms with Crippen molar-refractivity contribution < 1.29 is 24.4 Å². The molecule has 1 amide bonds. The predicted octanol–water partition coefficient (Wildman–Crippen LogP) is 3.62. The number of rotatable bonds is 8. The third kappa shape index (κ3) is 5.19. The fourth-order valence-corrected chi connectivity index (χ4v) is 2.65. The van der Waals surface area contributed by atoms with Gasteiger partial charge in [-0.25, -0.2) is 4.79 Å². The molecule has 10 nitrogen and oxygen atoms in total. The molecule has 0 spiro atoms. The van der Waals surface area contributed by atoms with Crippen molar-refractivity contribution in [3.63, 3.8) is 0 Å². The summed E-state index contributed by atoms with van der Waals surface area (Å²) < 4.78 is 7.09. The Hall–Kier alpha value is -4.21. The largest absolute Gasteiger partial charge is 0.478 e. The molecular formula is C20H18N4O6. The van der Waals surface area contributed by atoms with Gasteiger partial charge < -0.3 is 15.2 Å². The van der Waals surface area contributed by atoms with Crippen LogP contribution < -0.4 is 10.1 Å². The highest BCUT2D eigenvalue weighted by atomic mass is 16.6. The van der Waals surface area contributed by atoms with E-state index in [2.05, 4.69) is 10.4 Å². The number of hydrogen-bond donors (Lipinski definition) is 2. The molecule has 0 bridgehead atoms.